The monoisotopic (exact) mass is 454 g/mol. The van der Waals surface area contributed by atoms with Gasteiger partial charge in [0.05, 0.1) is 6.54 Å². The van der Waals surface area contributed by atoms with Crippen molar-refractivity contribution in [3.8, 4) is 5.75 Å². The number of carbonyl (C=O) groups excluding carboxylic acids is 1. The number of nitrogens with two attached hydrogens (primary N) is 1. The number of aliphatic imine (C=N–C) groups is 1. The second-order valence-electron chi connectivity index (χ2n) is 8.69. The molecule has 6 heteroatoms. The van der Waals surface area contributed by atoms with Crippen molar-refractivity contribution in [2.24, 2.45) is 10.7 Å². The summed E-state index contributed by atoms with van der Waals surface area (Å²) in [5.41, 5.74) is 12.1. The number of nitrogens with zero attached hydrogens (tertiary/aromatic N) is 3. The van der Waals surface area contributed by atoms with Gasteiger partial charge in [-0.3, -0.25) is 14.8 Å². The molecule has 2 N–H and O–H groups in total. The quantitative estimate of drug-likeness (QED) is 0.569. The average Bonchev–Trinajstić information content (AvgIpc) is 2.87. The van der Waals surface area contributed by atoms with Crippen LogP contribution in [-0.2, 0) is 11.4 Å². The summed E-state index contributed by atoms with van der Waals surface area (Å²) in [6, 6.07) is 19.8. The van der Waals surface area contributed by atoms with Gasteiger partial charge in [0.2, 0.25) is 0 Å². The SMILES string of the molecule is CC(C)c1ccc(COc2ccc(C(C3=NCCN(C)C3=O)=C(N)c3ccncc3)cc2)cc1. The molecule has 1 amide bonds. The van der Waals surface area contributed by atoms with Gasteiger partial charge in [-0.1, -0.05) is 50.2 Å². The topological polar surface area (TPSA) is 80.8 Å². The highest BCUT2D eigenvalue weighted by Crippen LogP contribution is 2.28. The van der Waals surface area contributed by atoms with Gasteiger partial charge in [-0.25, -0.2) is 0 Å². The van der Waals surface area contributed by atoms with Crippen molar-refractivity contribution in [2.45, 2.75) is 26.4 Å². The van der Waals surface area contributed by atoms with Gasteiger partial charge in [0.15, 0.2) is 0 Å². The number of aromatic nitrogens is 1. The molecule has 174 valence electrons. The molecule has 3 aromatic rings. The molecule has 2 heterocycles. The van der Waals surface area contributed by atoms with Crippen LogP contribution in [0, 0.1) is 0 Å². The molecule has 1 aliphatic heterocycles. The predicted octanol–water partition coefficient (Wildman–Crippen LogP) is 4.52. The molecule has 1 aromatic heterocycles. The number of likely N-dealkylation sites (N-methyl/N-ethyl adjacent to an activating group) is 1. The van der Waals surface area contributed by atoms with Crippen LogP contribution in [0.25, 0.3) is 11.3 Å². The van der Waals surface area contributed by atoms with Crippen LogP contribution < -0.4 is 10.5 Å². The van der Waals surface area contributed by atoms with E-state index in [1.807, 2.05) is 36.4 Å². The van der Waals surface area contributed by atoms with Gasteiger partial charge in [-0.05, 0) is 46.9 Å². The van der Waals surface area contributed by atoms with E-state index in [1.165, 1.54) is 5.56 Å². The van der Waals surface area contributed by atoms with E-state index in [0.29, 0.717) is 42.6 Å². The van der Waals surface area contributed by atoms with Gasteiger partial charge in [-0.2, -0.15) is 0 Å². The normalized spacial score (nSPS) is 14.6. The maximum absolute atomic E-state index is 12.9. The summed E-state index contributed by atoms with van der Waals surface area (Å²) < 4.78 is 5.99. The van der Waals surface area contributed by atoms with Crippen LogP contribution in [0.2, 0.25) is 0 Å². The molecule has 0 aliphatic carbocycles. The zero-order valence-electron chi connectivity index (χ0n) is 19.9. The van der Waals surface area contributed by atoms with Crippen LogP contribution in [-0.4, -0.2) is 41.6 Å². The average molecular weight is 455 g/mol. The molecule has 0 fully saturated rings. The van der Waals surface area contributed by atoms with Gasteiger partial charge < -0.3 is 15.4 Å². The molecule has 0 saturated heterocycles. The zero-order valence-corrected chi connectivity index (χ0v) is 19.9. The Hall–Kier alpha value is -3.93. The lowest BCUT2D eigenvalue weighted by molar-refractivity contribution is -0.123. The first-order valence-corrected chi connectivity index (χ1v) is 11.5. The first kappa shape index (κ1) is 23.2. The van der Waals surface area contributed by atoms with Crippen molar-refractivity contribution in [1.82, 2.24) is 9.88 Å². The number of ether oxygens (including phenoxy) is 1. The first-order valence-electron chi connectivity index (χ1n) is 11.5. The third-order valence-electron chi connectivity index (χ3n) is 5.95. The summed E-state index contributed by atoms with van der Waals surface area (Å²) in [5.74, 6) is 1.11. The van der Waals surface area contributed by atoms with Gasteiger partial charge >= 0.3 is 0 Å². The van der Waals surface area contributed by atoms with E-state index in [9.17, 15) is 4.79 Å². The van der Waals surface area contributed by atoms with Crippen LogP contribution in [0.3, 0.4) is 0 Å². The number of amides is 1. The van der Waals surface area contributed by atoms with E-state index in [1.54, 1.807) is 24.3 Å². The van der Waals surface area contributed by atoms with Crippen molar-refractivity contribution in [1.29, 1.82) is 0 Å². The Bertz CT molecular complexity index is 1200. The van der Waals surface area contributed by atoms with E-state index < -0.39 is 0 Å². The first-order chi connectivity index (χ1) is 16.4. The van der Waals surface area contributed by atoms with Crippen LogP contribution in [0.1, 0.15) is 42.0 Å². The fourth-order valence-electron chi connectivity index (χ4n) is 3.83. The Kier molecular flexibility index (Phi) is 7.07. The van der Waals surface area contributed by atoms with Crippen LogP contribution in [0.15, 0.2) is 78.0 Å². The number of hydrogen-bond donors (Lipinski definition) is 1. The van der Waals surface area contributed by atoms with Crippen LogP contribution in [0.5, 0.6) is 5.75 Å². The van der Waals surface area contributed by atoms with Crippen molar-refractivity contribution in [3.63, 3.8) is 0 Å². The molecular weight excluding hydrogens is 424 g/mol. The number of pyridine rings is 1. The lowest BCUT2D eigenvalue weighted by atomic mass is 9.94. The smallest absolute Gasteiger partial charge is 0.272 e. The minimum Gasteiger partial charge on any atom is -0.489 e. The molecule has 0 saturated carbocycles. The second kappa shape index (κ2) is 10.3. The van der Waals surface area contributed by atoms with E-state index in [2.05, 4.69) is 48.1 Å². The second-order valence-corrected chi connectivity index (χ2v) is 8.69. The Morgan fingerprint density at radius 3 is 2.32 bits per heavy atom. The van der Waals surface area contributed by atoms with E-state index in [0.717, 1.165) is 22.4 Å². The highest BCUT2D eigenvalue weighted by Gasteiger charge is 2.27. The maximum Gasteiger partial charge on any atom is 0.272 e. The Morgan fingerprint density at radius 1 is 1.00 bits per heavy atom. The lowest BCUT2D eigenvalue weighted by Gasteiger charge is -2.24. The van der Waals surface area contributed by atoms with Crippen molar-refractivity contribution in [3.05, 3.63) is 95.3 Å². The van der Waals surface area contributed by atoms with Crippen LogP contribution in [0.4, 0.5) is 0 Å². The largest absolute Gasteiger partial charge is 0.489 e. The van der Waals surface area contributed by atoms with E-state index >= 15 is 0 Å². The zero-order chi connectivity index (χ0) is 24.1. The molecule has 0 atom stereocenters. The number of carbonyl (C=O) groups is 1. The van der Waals surface area contributed by atoms with E-state index in [4.69, 9.17) is 10.5 Å². The molecule has 6 nitrogen and oxygen atoms in total. The maximum atomic E-state index is 12.9. The standard InChI is InChI=1S/C28H30N4O2/c1-19(2)21-6-4-20(5-7-21)18-34-24-10-8-22(9-11-24)25(26(29)23-12-14-30-15-13-23)27-28(33)32(3)17-16-31-27/h4-15,19H,16-18,29H2,1-3H3. The molecule has 1 aliphatic rings. The van der Waals surface area contributed by atoms with Gasteiger partial charge in [0, 0.05) is 42.8 Å². The number of benzene rings is 2. The van der Waals surface area contributed by atoms with Gasteiger partial charge in [0.25, 0.3) is 5.91 Å². The molecule has 0 unspecified atom stereocenters. The summed E-state index contributed by atoms with van der Waals surface area (Å²) in [6.07, 6.45) is 3.36. The number of rotatable bonds is 7. The fraction of sp³-hybridized carbons (Fsp3) is 0.250. The summed E-state index contributed by atoms with van der Waals surface area (Å²) in [6.45, 7) is 5.98. The van der Waals surface area contributed by atoms with E-state index in [-0.39, 0.29) is 5.91 Å². The molecule has 4 rings (SSSR count). The summed E-state index contributed by atoms with van der Waals surface area (Å²) in [5, 5.41) is 0. The molecule has 0 bridgehead atoms. The van der Waals surface area contributed by atoms with Gasteiger partial charge in [-0.15, -0.1) is 0 Å². The molecule has 0 radical (unpaired) electrons. The highest BCUT2D eigenvalue weighted by molar-refractivity contribution is 6.58. The van der Waals surface area contributed by atoms with Gasteiger partial charge in [0.1, 0.15) is 18.1 Å². The Balaban J connectivity index is 1.60. The molecular formula is C28H30N4O2. The van der Waals surface area contributed by atoms with Crippen LogP contribution >= 0.6 is 0 Å². The molecule has 34 heavy (non-hydrogen) atoms. The van der Waals surface area contributed by atoms with Crippen molar-refractivity contribution < 1.29 is 9.53 Å². The minimum atomic E-state index is -0.136. The fourth-order valence-corrected chi connectivity index (χ4v) is 3.83. The minimum absolute atomic E-state index is 0.136. The Labute approximate surface area is 200 Å². The molecule has 2 aromatic carbocycles. The number of hydrogen-bond acceptors (Lipinski definition) is 5. The third kappa shape index (κ3) is 5.17. The van der Waals surface area contributed by atoms with Crippen molar-refractivity contribution in [2.75, 3.05) is 20.1 Å². The predicted molar refractivity (Wildman–Crippen MR) is 136 cm³/mol. The lowest BCUT2D eigenvalue weighted by Crippen LogP contribution is -2.40. The Morgan fingerprint density at radius 2 is 1.68 bits per heavy atom. The molecule has 0 spiro atoms. The van der Waals surface area contributed by atoms with Crippen molar-refractivity contribution >= 4 is 22.9 Å². The summed E-state index contributed by atoms with van der Waals surface area (Å²) >= 11 is 0. The summed E-state index contributed by atoms with van der Waals surface area (Å²) in [4.78, 5) is 23.2. The summed E-state index contributed by atoms with van der Waals surface area (Å²) in [7, 11) is 1.78. The third-order valence-corrected chi connectivity index (χ3v) is 5.95. The highest BCUT2D eigenvalue weighted by atomic mass is 16.5.